The Kier molecular flexibility index (Phi) is 8.81. The molecule has 0 radical (unpaired) electrons. The van der Waals surface area contributed by atoms with Crippen LogP contribution in [0.5, 0.6) is 0 Å². The van der Waals surface area contributed by atoms with Gasteiger partial charge in [-0.1, -0.05) is 91.8 Å². The molecular weight excluding hydrogens is 396 g/mol. The number of carbonyl (C=O) groups is 2. The minimum absolute atomic E-state index is 0.0649. The van der Waals surface area contributed by atoms with Gasteiger partial charge in [0.2, 0.25) is 0 Å². The maximum Gasteiger partial charge on any atom is 0.335 e. The van der Waals surface area contributed by atoms with Gasteiger partial charge in [0.25, 0.3) is 0 Å². The molecule has 0 heterocycles. The standard InChI is InChI=1S/C24H32O5Si/c1-24(2,3)21(15-10-16-29-23(28)20(25)17-22(26)27)30(18-11-6-4-7-12-18)19-13-8-5-9-14-19/h4-9,11-14,20-21,25,30H,10,15-17H2,1-3H3,(H,26,27). The van der Waals surface area contributed by atoms with Crippen molar-refractivity contribution in [1.29, 1.82) is 0 Å². The molecule has 30 heavy (non-hydrogen) atoms. The van der Waals surface area contributed by atoms with E-state index in [1.807, 2.05) is 12.1 Å². The van der Waals surface area contributed by atoms with Crippen LogP contribution >= 0.6 is 0 Å². The number of esters is 1. The lowest BCUT2D eigenvalue weighted by atomic mass is 9.89. The smallest absolute Gasteiger partial charge is 0.335 e. The summed E-state index contributed by atoms with van der Waals surface area (Å²) in [5.74, 6) is -2.10. The Balaban J connectivity index is 2.13. The molecule has 5 nitrogen and oxygen atoms in total. The van der Waals surface area contributed by atoms with Gasteiger partial charge in [0, 0.05) is 0 Å². The molecular formula is C24H32O5Si. The number of rotatable bonds is 10. The molecule has 2 rings (SSSR count). The predicted octanol–water partition coefficient (Wildman–Crippen LogP) is 2.60. The maximum absolute atomic E-state index is 11.8. The van der Waals surface area contributed by atoms with E-state index in [9.17, 15) is 14.7 Å². The Bertz CT molecular complexity index is 762. The molecule has 162 valence electrons. The van der Waals surface area contributed by atoms with Gasteiger partial charge >= 0.3 is 11.9 Å². The Morgan fingerprint density at radius 1 is 0.967 bits per heavy atom. The van der Waals surface area contributed by atoms with E-state index in [2.05, 4.69) is 69.3 Å². The number of carbonyl (C=O) groups excluding carboxylic acids is 1. The minimum atomic E-state index is -1.61. The van der Waals surface area contributed by atoms with E-state index in [1.165, 1.54) is 10.4 Å². The summed E-state index contributed by atoms with van der Waals surface area (Å²) in [6, 6.07) is 21.3. The lowest BCUT2D eigenvalue weighted by Crippen LogP contribution is -2.49. The maximum atomic E-state index is 11.8. The van der Waals surface area contributed by atoms with Crippen LogP contribution in [0.4, 0.5) is 0 Å². The van der Waals surface area contributed by atoms with E-state index in [-0.39, 0.29) is 12.0 Å². The Hall–Kier alpha value is -2.44. The first-order valence-electron chi connectivity index (χ1n) is 10.4. The van der Waals surface area contributed by atoms with Gasteiger partial charge in [0.05, 0.1) is 13.0 Å². The Labute approximate surface area is 180 Å². The third-order valence-electron chi connectivity index (χ3n) is 5.38. The molecule has 2 N–H and O–H groups in total. The number of carboxylic acid groups (broad SMARTS) is 1. The third-order valence-corrected chi connectivity index (χ3v) is 9.72. The van der Waals surface area contributed by atoms with Crippen LogP contribution in [0.15, 0.2) is 60.7 Å². The zero-order chi connectivity index (χ0) is 22.1. The first-order chi connectivity index (χ1) is 14.2. The SMILES string of the molecule is CC(C)(C)C(CCCOC(=O)C(O)CC(=O)O)[SiH](c1ccccc1)c1ccccc1. The summed E-state index contributed by atoms with van der Waals surface area (Å²) < 4.78 is 5.12. The third kappa shape index (κ3) is 7.11. The van der Waals surface area contributed by atoms with Crippen LogP contribution in [0.3, 0.4) is 0 Å². The summed E-state index contributed by atoms with van der Waals surface area (Å²) in [5.41, 5.74) is 0.486. The fraction of sp³-hybridized carbons (Fsp3) is 0.417. The highest BCUT2D eigenvalue weighted by Crippen LogP contribution is 2.37. The first kappa shape index (κ1) is 23.8. The van der Waals surface area contributed by atoms with Gasteiger partial charge in [0.15, 0.2) is 6.10 Å². The highest BCUT2D eigenvalue weighted by atomic mass is 28.3. The van der Waals surface area contributed by atoms with Crippen molar-refractivity contribution in [3.63, 3.8) is 0 Å². The number of benzene rings is 2. The lowest BCUT2D eigenvalue weighted by Gasteiger charge is -2.37. The molecule has 2 atom stereocenters. The van der Waals surface area contributed by atoms with Crippen LogP contribution in [0, 0.1) is 5.41 Å². The highest BCUT2D eigenvalue weighted by molar-refractivity contribution is 6.86. The van der Waals surface area contributed by atoms with Crippen LogP contribution in [0.25, 0.3) is 0 Å². The summed E-state index contributed by atoms with van der Waals surface area (Å²) in [6.45, 7) is 6.94. The number of aliphatic hydroxyl groups excluding tert-OH is 1. The number of aliphatic carboxylic acids is 1. The molecule has 0 aliphatic rings. The Morgan fingerprint density at radius 2 is 1.47 bits per heavy atom. The van der Waals surface area contributed by atoms with Crippen molar-refractivity contribution >= 4 is 31.1 Å². The van der Waals surface area contributed by atoms with E-state index in [0.29, 0.717) is 12.0 Å². The fourth-order valence-corrected chi connectivity index (χ4v) is 8.06. The number of hydrogen-bond acceptors (Lipinski definition) is 4. The lowest BCUT2D eigenvalue weighted by molar-refractivity contribution is -0.158. The predicted molar refractivity (Wildman–Crippen MR) is 121 cm³/mol. The molecule has 0 aromatic heterocycles. The molecule has 0 fully saturated rings. The van der Waals surface area contributed by atoms with E-state index < -0.39 is 33.3 Å². The minimum Gasteiger partial charge on any atom is -0.481 e. The summed E-state index contributed by atoms with van der Waals surface area (Å²) in [6.07, 6.45) is -0.708. The van der Waals surface area contributed by atoms with Crippen molar-refractivity contribution in [2.75, 3.05) is 6.61 Å². The molecule has 0 bridgehead atoms. The van der Waals surface area contributed by atoms with Crippen LogP contribution in [-0.2, 0) is 14.3 Å². The molecule has 0 amide bonds. The number of aliphatic hydroxyl groups is 1. The van der Waals surface area contributed by atoms with Gasteiger partial charge in [-0.05, 0) is 23.8 Å². The molecule has 2 unspecified atom stereocenters. The van der Waals surface area contributed by atoms with Crippen molar-refractivity contribution in [2.24, 2.45) is 5.41 Å². The molecule has 6 heteroatoms. The first-order valence-corrected chi connectivity index (χ1v) is 12.2. The second kappa shape index (κ2) is 11.1. The van der Waals surface area contributed by atoms with Crippen molar-refractivity contribution in [1.82, 2.24) is 0 Å². The number of ether oxygens (including phenoxy) is 1. The van der Waals surface area contributed by atoms with Crippen LogP contribution in [0.1, 0.15) is 40.0 Å². The second-order valence-corrected chi connectivity index (χ2v) is 11.8. The van der Waals surface area contributed by atoms with Crippen LogP contribution in [-0.4, -0.2) is 43.7 Å². The number of hydrogen-bond donors (Lipinski definition) is 2. The molecule has 0 aliphatic heterocycles. The van der Waals surface area contributed by atoms with E-state index in [1.54, 1.807) is 0 Å². The second-order valence-electron chi connectivity index (χ2n) is 8.69. The molecule has 0 spiro atoms. The topological polar surface area (TPSA) is 83.8 Å². The fourth-order valence-electron chi connectivity index (χ4n) is 3.90. The van der Waals surface area contributed by atoms with Gasteiger partial charge < -0.3 is 14.9 Å². The summed E-state index contributed by atoms with van der Waals surface area (Å²) in [5, 5.41) is 21.0. The molecule has 2 aromatic rings. The van der Waals surface area contributed by atoms with Crippen molar-refractivity contribution in [2.45, 2.75) is 51.7 Å². The zero-order valence-electron chi connectivity index (χ0n) is 18.0. The van der Waals surface area contributed by atoms with Crippen LogP contribution in [0.2, 0.25) is 5.54 Å². The zero-order valence-corrected chi connectivity index (χ0v) is 19.1. The summed E-state index contributed by atoms with van der Waals surface area (Å²) in [4.78, 5) is 22.4. The van der Waals surface area contributed by atoms with Gasteiger partial charge in [-0.25, -0.2) is 4.79 Å². The number of carboxylic acids is 1. The summed E-state index contributed by atoms with van der Waals surface area (Å²) >= 11 is 0. The Morgan fingerprint density at radius 3 is 1.90 bits per heavy atom. The largest absolute Gasteiger partial charge is 0.481 e. The van der Waals surface area contributed by atoms with E-state index >= 15 is 0 Å². The normalized spacial score (nSPS) is 13.6. The highest BCUT2D eigenvalue weighted by Gasteiger charge is 2.35. The van der Waals surface area contributed by atoms with Gasteiger partial charge in [-0.2, -0.15) is 0 Å². The molecule has 0 saturated carbocycles. The van der Waals surface area contributed by atoms with Crippen molar-refractivity contribution in [3.05, 3.63) is 60.7 Å². The van der Waals surface area contributed by atoms with Crippen molar-refractivity contribution < 1.29 is 24.5 Å². The van der Waals surface area contributed by atoms with Crippen LogP contribution < -0.4 is 10.4 Å². The summed E-state index contributed by atoms with van der Waals surface area (Å²) in [7, 11) is -1.56. The average Bonchev–Trinajstić information content (AvgIpc) is 2.70. The van der Waals surface area contributed by atoms with Gasteiger partial charge in [-0.3, -0.25) is 4.79 Å². The molecule has 2 aromatic carbocycles. The average molecular weight is 429 g/mol. The van der Waals surface area contributed by atoms with Gasteiger partial charge in [-0.15, -0.1) is 0 Å². The quantitative estimate of drug-likeness (QED) is 0.345. The molecule has 0 saturated heterocycles. The van der Waals surface area contributed by atoms with Gasteiger partial charge in [0.1, 0.15) is 8.80 Å². The van der Waals surface area contributed by atoms with E-state index in [4.69, 9.17) is 9.84 Å². The molecule has 0 aliphatic carbocycles. The van der Waals surface area contributed by atoms with Crippen molar-refractivity contribution in [3.8, 4) is 0 Å². The van der Waals surface area contributed by atoms with E-state index in [0.717, 1.165) is 6.42 Å². The monoisotopic (exact) mass is 428 g/mol.